The van der Waals surface area contributed by atoms with Crippen LogP contribution in [-0.4, -0.2) is 12.5 Å². The average molecular weight is 327 g/mol. The molecule has 0 saturated carbocycles. The van der Waals surface area contributed by atoms with E-state index in [9.17, 15) is 22.4 Å². The summed E-state index contributed by atoms with van der Waals surface area (Å²) in [7, 11) is 0. The third-order valence-corrected chi connectivity index (χ3v) is 3.08. The first-order valence-electron chi connectivity index (χ1n) is 6.67. The molecule has 0 fully saturated rings. The van der Waals surface area contributed by atoms with E-state index in [1.807, 2.05) is 0 Å². The van der Waals surface area contributed by atoms with Gasteiger partial charge in [0.15, 0.2) is 0 Å². The molecular weight excluding hydrogens is 314 g/mol. The third-order valence-electron chi connectivity index (χ3n) is 3.08. The molecule has 1 amide bonds. The summed E-state index contributed by atoms with van der Waals surface area (Å²) in [5.41, 5.74) is 0.476. The second-order valence-corrected chi connectivity index (χ2v) is 4.80. The molecule has 1 atom stereocenters. The number of halogens is 4. The molecule has 1 N–H and O–H groups in total. The fourth-order valence-corrected chi connectivity index (χ4v) is 1.99. The smallest absolute Gasteiger partial charge is 0.387 e. The average Bonchev–Trinajstić information content (AvgIpc) is 2.46. The number of hydrogen-bond donors (Lipinski definition) is 1. The van der Waals surface area contributed by atoms with Crippen LogP contribution in [0.1, 0.15) is 28.9 Å². The molecule has 2 aromatic carbocycles. The van der Waals surface area contributed by atoms with Crippen LogP contribution in [-0.2, 0) is 0 Å². The lowest BCUT2D eigenvalue weighted by atomic mass is 10.1. The second kappa shape index (κ2) is 7.13. The Bertz CT molecular complexity index is 669. The highest BCUT2D eigenvalue weighted by molar-refractivity contribution is 5.94. The van der Waals surface area contributed by atoms with Crippen LogP contribution in [0, 0.1) is 11.6 Å². The lowest BCUT2D eigenvalue weighted by Gasteiger charge is -2.15. The van der Waals surface area contributed by atoms with Crippen molar-refractivity contribution < 1.29 is 27.1 Å². The summed E-state index contributed by atoms with van der Waals surface area (Å²) in [5, 5.41) is 2.57. The molecule has 0 aromatic heterocycles. The molecule has 0 saturated heterocycles. The van der Waals surface area contributed by atoms with Gasteiger partial charge in [0.1, 0.15) is 17.4 Å². The molecule has 0 radical (unpaired) electrons. The maximum absolute atomic E-state index is 13.1. The van der Waals surface area contributed by atoms with Crippen molar-refractivity contribution in [2.75, 3.05) is 0 Å². The van der Waals surface area contributed by atoms with E-state index >= 15 is 0 Å². The van der Waals surface area contributed by atoms with E-state index in [0.717, 1.165) is 12.1 Å². The molecule has 23 heavy (non-hydrogen) atoms. The molecule has 7 heteroatoms. The minimum absolute atomic E-state index is 0.00511. The Kier molecular flexibility index (Phi) is 5.20. The van der Waals surface area contributed by atoms with Gasteiger partial charge in [-0.05, 0) is 36.8 Å². The molecule has 2 rings (SSSR count). The van der Waals surface area contributed by atoms with Gasteiger partial charge in [-0.1, -0.05) is 12.1 Å². The monoisotopic (exact) mass is 327 g/mol. The summed E-state index contributed by atoms with van der Waals surface area (Å²) < 4.78 is 54.6. The summed E-state index contributed by atoms with van der Waals surface area (Å²) in [6.45, 7) is -1.27. The number of ether oxygens (including phenoxy) is 1. The van der Waals surface area contributed by atoms with E-state index < -0.39 is 30.2 Å². The SMILES string of the molecule is C[C@H](NC(=O)c1cc(F)cc(F)c1)c1ccc(OC(F)F)cc1. The van der Waals surface area contributed by atoms with Gasteiger partial charge in [-0.3, -0.25) is 4.79 Å². The first kappa shape index (κ1) is 16.8. The fourth-order valence-electron chi connectivity index (χ4n) is 1.99. The van der Waals surface area contributed by atoms with Crippen molar-refractivity contribution >= 4 is 5.91 Å². The topological polar surface area (TPSA) is 38.3 Å². The molecule has 0 unspecified atom stereocenters. The van der Waals surface area contributed by atoms with Crippen LogP contribution in [0.3, 0.4) is 0 Å². The Morgan fingerprint density at radius 3 is 2.13 bits per heavy atom. The van der Waals surface area contributed by atoms with Gasteiger partial charge in [0, 0.05) is 11.6 Å². The highest BCUT2D eigenvalue weighted by atomic mass is 19.3. The predicted molar refractivity (Wildman–Crippen MR) is 75.3 cm³/mol. The lowest BCUT2D eigenvalue weighted by molar-refractivity contribution is -0.0498. The normalized spacial score (nSPS) is 12.1. The third kappa shape index (κ3) is 4.70. The first-order chi connectivity index (χ1) is 10.8. The van der Waals surface area contributed by atoms with Gasteiger partial charge in [0.25, 0.3) is 5.91 Å². The van der Waals surface area contributed by atoms with Crippen molar-refractivity contribution in [1.29, 1.82) is 0 Å². The van der Waals surface area contributed by atoms with E-state index in [2.05, 4.69) is 10.1 Å². The Labute approximate surface area is 129 Å². The van der Waals surface area contributed by atoms with Crippen molar-refractivity contribution in [3.63, 3.8) is 0 Å². The zero-order valence-corrected chi connectivity index (χ0v) is 12.0. The molecule has 0 aliphatic carbocycles. The molecule has 2 aromatic rings. The standard InChI is InChI=1S/C16H13F4NO2/c1-9(10-2-4-14(5-3-10)23-16(19)20)21-15(22)11-6-12(17)8-13(18)7-11/h2-9,16H,1H3,(H,21,22)/t9-/m0/s1. The van der Waals surface area contributed by atoms with E-state index in [1.165, 1.54) is 24.3 Å². The van der Waals surface area contributed by atoms with Crippen LogP contribution in [0.2, 0.25) is 0 Å². The summed E-state index contributed by atoms with van der Waals surface area (Å²) in [6, 6.07) is 7.72. The number of hydrogen-bond acceptors (Lipinski definition) is 2. The van der Waals surface area contributed by atoms with Crippen molar-refractivity contribution in [2.45, 2.75) is 19.6 Å². The highest BCUT2D eigenvalue weighted by Crippen LogP contribution is 2.19. The molecule has 0 heterocycles. The maximum Gasteiger partial charge on any atom is 0.387 e. The lowest BCUT2D eigenvalue weighted by Crippen LogP contribution is -2.26. The van der Waals surface area contributed by atoms with Crippen LogP contribution in [0.15, 0.2) is 42.5 Å². The molecular formula is C16H13F4NO2. The minimum atomic E-state index is -2.92. The molecule has 0 aliphatic rings. The fraction of sp³-hybridized carbons (Fsp3) is 0.188. The quantitative estimate of drug-likeness (QED) is 0.841. The van der Waals surface area contributed by atoms with E-state index in [4.69, 9.17) is 0 Å². The van der Waals surface area contributed by atoms with Gasteiger partial charge in [-0.15, -0.1) is 0 Å². The summed E-state index contributed by atoms with van der Waals surface area (Å²) in [6.07, 6.45) is 0. The van der Waals surface area contributed by atoms with Gasteiger partial charge < -0.3 is 10.1 Å². The Hall–Kier alpha value is -2.57. The van der Waals surface area contributed by atoms with Crippen LogP contribution in [0.5, 0.6) is 5.75 Å². The molecule has 0 spiro atoms. The van der Waals surface area contributed by atoms with Crippen molar-refractivity contribution in [1.82, 2.24) is 5.32 Å². The van der Waals surface area contributed by atoms with Gasteiger partial charge in [-0.25, -0.2) is 8.78 Å². The van der Waals surface area contributed by atoms with Crippen LogP contribution < -0.4 is 10.1 Å². The molecule has 3 nitrogen and oxygen atoms in total. The van der Waals surface area contributed by atoms with Crippen LogP contribution in [0.4, 0.5) is 17.6 Å². The van der Waals surface area contributed by atoms with Gasteiger partial charge in [0.2, 0.25) is 0 Å². The number of amides is 1. The Morgan fingerprint density at radius 1 is 1.04 bits per heavy atom. The van der Waals surface area contributed by atoms with Crippen LogP contribution in [0.25, 0.3) is 0 Å². The molecule has 122 valence electrons. The first-order valence-corrected chi connectivity index (χ1v) is 6.67. The predicted octanol–water partition coefficient (Wildman–Crippen LogP) is 4.06. The number of carbonyl (C=O) groups excluding carboxylic acids is 1. The van der Waals surface area contributed by atoms with Crippen molar-refractivity contribution in [3.05, 3.63) is 65.2 Å². The zero-order chi connectivity index (χ0) is 17.0. The molecule has 0 aliphatic heterocycles. The molecule has 0 bridgehead atoms. The van der Waals surface area contributed by atoms with Gasteiger partial charge >= 0.3 is 6.61 Å². The van der Waals surface area contributed by atoms with Crippen molar-refractivity contribution in [3.8, 4) is 5.75 Å². The largest absolute Gasteiger partial charge is 0.435 e. The summed E-state index contributed by atoms with van der Waals surface area (Å²) >= 11 is 0. The van der Waals surface area contributed by atoms with Gasteiger partial charge in [-0.2, -0.15) is 8.78 Å². The number of alkyl halides is 2. The maximum atomic E-state index is 13.1. The number of benzene rings is 2. The van der Waals surface area contributed by atoms with Gasteiger partial charge in [0.05, 0.1) is 6.04 Å². The summed E-state index contributed by atoms with van der Waals surface area (Å²) in [5.74, 6) is -2.36. The second-order valence-electron chi connectivity index (χ2n) is 4.80. The van der Waals surface area contributed by atoms with E-state index in [1.54, 1.807) is 6.92 Å². The highest BCUT2D eigenvalue weighted by Gasteiger charge is 2.14. The minimum Gasteiger partial charge on any atom is -0.435 e. The Balaban J connectivity index is 2.05. The zero-order valence-electron chi connectivity index (χ0n) is 12.0. The van der Waals surface area contributed by atoms with E-state index in [0.29, 0.717) is 11.6 Å². The number of carbonyl (C=O) groups is 1. The Morgan fingerprint density at radius 2 is 1.61 bits per heavy atom. The van der Waals surface area contributed by atoms with E-state index in [-0.39, 0.29) is 11.3 Å². The summed E-state index contributed by atoms with van der Waals surface area (Å²) in [4.78, 5) is 12.0. The number of nitrogens with one attached hydrogen (secondary N) is 1. The van der Waals surface area contributed by atoms with Crippen LogP contribution >= 0.6 is 0 Å². The number of rotatable bonds is 5. The van der Waals surface area contributed by atoms with Crippen molar-refractivity contribution in [2.24, 2.45) is 0 Å².